The van der Waals surface area contributed by atoms with E-state index in [0.717, 1.165) is 0 Å². The van der Waals surface area contributed by atoms with Crippen LogP contribution in [0.4, 0.5) is 13.2 Å². The van der Waals surface area contributed by atoms with E-state index < -0.39 is 24.6 Å². The second-order valence-corrected chi connectivity index (χ2v) is 3.47. The molecule has 0 aromatic carbocycles. The third kappa shape index (κ3) is 4.48. The van der Waals surface area contributed by atoms with Gasteiger partial charge in [-0.2, -0.15) is 13.2 Å². The van der Waals surface area contributed by atoms with Crippen molar-refractivity contribution in [3.05, 3.63) is 24.2 Å². The lowest BCUT2D eigenvalue weighted by molar-refractivity contribution is -0.192. The van der Waals surface area contributed by atoms with Crippen molar-refractivity contribution in [3.63, 3.8) is 0 Å². The molecule has 2 N–H and O–H groups in total. The number of hydrogen-bond acceptors (Lipinski definition) is 3. The minimum absolute atomic E-state index is 0.230. The summed E-state index contributed by atoms with van der Waals surface area (Å²) in [7, 11) is 0. The molecule has 0 fully saturated rings. The van der Waals surface area contributed by atoms with Crippen molar-refractivity contribution in [3.8, 4) is 0 Å². The lowest BCUT2D eigenvalue weighted by Gasteiger charge is -2.16. The Hall–Kier alpha value is -1.50. The summed E-state index contributed by atoms with van der Waals surface area (Å²) in [5.74, 6) is -3.61. The zero-order valence-electron chi connectivity index (χ0n) is 8.83. The lowest BCUT2D eigenvalue weighted by atomic mass is 10.1. The van der Waals surface area contributed by atoms with E-state index in [-0.39, 0.29) is 6.54 Å². The molecular formula is C10H12F3NO3. The molecule has 4 nitrogen and oxygen atoms in total. The van der Waals surface area contributed by atoms with E-state index in [0.29, 0.717) is 12.2 Å². The summed E-state index contributed by atoms with van der Waals surface area (Å²) in [6.45, 7) is -0.410. The molecule has 1 rings (SSSR count). The quantitative estimate of drug-likeness (QED) is 0.755. The number of furan rings is 1. The van der Waals surface area contributed by atoms with Crippen LogP contribution < -0.4 is 5.32 Å². The normalized spacial score (nSPS) is 13.6. The summed E-state index contributed by atoms with van der Waals surface area (Å²) in [6.07, 6.45) is -2.86. The predicted molar refractivity (Wildman–Crippen MR) is 52.5 cm³/mol. The maximum Gasteiger partial charge on any atom is 0.403 e. The topological polar surface area (TPSA) is 62.5 Å². The number of rotatable bonds is 6. The molecule has 7 heteroatoms. The van der Waals surface area contributed by atoms with Crippen molar-refractivity contribution in [1.29, 1.82) is 0 Å². The van der Waals surface area contributed by atoms with E-state index in [1.807, 2.05) is 0 Å². The van der Waals surface area contributed by atoms with Crippen LogP contribution in [0.1, 0.15) is 5.76 Å². The highest BCUT2D eigenvalue weighted by atomic mass is 19.4. The van der Waals surface area contributed by atoms with Gasteiger partial charge in [0.2, 0.25) is 0 Å². The highest BCUT2D eigenvalue weighted by Gasteiger charge is 2.44. The van der Waals surface area contributed by atoms with Crippen molar-refractivity contribution in [2.45, 2.75) is 12.6 Å². The number of carboxylic acids is 1. The minimum atomic E-state index is -4.73. The SMILES string of the molecule is O=C(O)C(CNCCc1ccco1)C(F)(F)F. The van der Waals surface area contributed by atoms with Crippen LogP contribution in [0.15, 0.2) is 22.8 Å². The Morgan fingerprint density at radius 2 is 2.24 bits per heavy atom. The lowest BCUT2D eigenvalue weighted by Crippen LogP contribution is -2.39. The van der Waals surface area contributed by atoms with Crippen molar-refractivity contribution >= 4 is 5.97 Å². The van der Waals surface area contributed by atoms with Gasteiger partial charge in [-0.05, 0) is 12.1 Å². The standard InChI is InChI=1S/C10H12F3NO3/c11-10(12,13)8(9(15)16)6-14-4-3-7-2-1-5-17-7/h1-2,5,8,14H,3-4,6H2,(H,15,16). The molecule has 0 aliphatic rings. The van der Waals surface area contributed by atoms with E-state index in [1.165, 1.54) is 6.26 Å². The monoisotopic (exact) mass is 251 g/mol. The van der Waals surface area contributed by atoms with Crippen LogP contribution in [0.25, 0.3) is 0 Å². The molecular weight excluding hydrogens is 239 g/mol. The van der Waals surface area contributed by atoms with E-state index in [2.05, 4.69) is 5.32 Å². The molecule has 1 heterocycles. The smallest absolute Gasteiger partial charge is 0.403 e. The first-order valence-electron chi connectivity index (χ1n) is 4.94. The second-order valence-electron chi connectivity index (χ2n) is 3.47. The first-order chi connectivity index (χ1) is 7.91. The van der Waals surface area contributed by atoms with E-state index >= 15 is 0 Å². The molecule has 1 aromatic rings. The highest BCUT2D eigenvalue weighted by Crippen LogP contribution is 2.25. The first kappa shape index (κ1) is 13.6. The summed E-state index contributed by atoms with van der Waals surface area (Å²) in [4.78, 5) is 10.4. The maximum absolute atomic E-state index is 12.2. The Morgan fingerprint density at radius 1 is 1.53 bits per heavy atom. The number of carboxylic acid groups (broad SMARTS) is 1. The fourth-order valence-corrected chi connectivity index (χ4v) is 1.26. The van der Waals surface area contributed by atoms with Gasteiger partial charge in [0.25, 0.3) is 0 Å². The Bertz CT molecular complexity index is 348. The zero-order valence-corrected chi connectivity index (χ0v) is 8.83. The van der Waals surface area contributed by atoms with Gasteiger partial charge in [0.05, 0.1) is 6.26 Å². The molecule has 0 aliphatic heterocycles. The molecule has 0 saturated heterocycles. The van der Waals surface area contributed by atoms with Gasteiger partial charge in [-0.1, -0.05) is 0 Å². The summed E-state index contributed by atoms with van der Waals surface area (Å²) >= 11 is 0. The van der Waals surface area contributed by atoms with Crippen molar-refractivity contribution in [2.75, 3.05) is 13.1 Å². The Kier molecular flexibility index (Phi) is 4.56. The molecule has 0 saturated carbocycles. The Labute approximate surface area is 95.4 Å². The zero-order chi connectivity index (χ0) is 12.9. The van der Waals surface area contributed by atoms with Crippen LogP contribution in [0.5, 0.6) is 0 Å². The number of halogens is 3. The van der Waals surface area contributed by atoms with Gasteiger partial charge >= 0.3 is 12.1 Å². The highest BCUT2D eigenvalue weighted by molar-refractivity contribution is 5.71. The maximum atomic E-state index is 12.2. The number of aliphatic carboxylic acids is 1. The Balaban J connectivity index is 2.31. The molecule has 1 aromatic heterocycles. The van der Waals surface area contributed by atoms with Crippen LogP contribution in [-0.2, 0) is 11.2 Å². The van der Waals surface area contributed by atoms with E-state index in [9.17, 15) is 18.0 Å². The molecule has 1 atom stereocenters. The van der Waals surface area contributed by atoms with Gasteiger partial charge in [0, 0.05) is 19.5 Å². The van der Waals surface area contributed by atoms with Crippen LogP contribution in [0, 0.1) is 5.92 Å². The van der Waals surface area contributed by atoms with Gasteiger partial charge < -0.3 is 14.8 Å². The van der Waals surface area contributed by atoms with E-state index in [1.54, 1.807) is 12.1 Å². The molecule has 0 bridgehead atoms. The summed E-state index contributed by atoms with van der Waals surface area (Å²) in [6, 6.07) is 3.37. The third-order valence-electron chi connectivity index (χ3n) is 2.17. The summed E-state index contributed by atoms with van der Waals surface area (Å²) in [5.41, 5.74) is 0. The third-order valence-corrected chi connectivity index (χ3v) is 2.17. The second kappa shape index (κ2) is 5.72. The molecule has 1 unspecified atom stereocenters. The molecule has 0 radical (unpaired) electrons. The van der Waals surface area contributed by atoms with Crippen molar-refractivity contribution in [1.82, 2.24) is 5.32 Å². The van der Waals surface area contributed by atoms with Gasteiger partial charge in [0.1, 0.15) is 5.76 Å². The first-order valence-corrected chi connectivity index (χ1v) is 4.94. The predicted octanol–water partition coefficient (Wildman–Crippen LogP) is 1.67. The average Bonchev–Trinajstić information content (AvgIpc) is 2.67. The van der Waals surface area contributed by atoms with Crippen molar-refractivity contribution in [2.24, 2.45) is 5.92 Å². The van der Waals surface area contributed by atoms with Gasteiger partial charge in [0.15, 0.2) is 5.92 Å². The minimum Gasteiger partial charge on any atom is -0.481 e. The summed E-state index contributed by atoms with van der Waals surface area (Å²) < 4.78 is 41.7. The number of alkyl halides is 3. The van der Waals surface area contributed by atoms with Crippen LogP contribution in [0.3, 0.4) is 0 Å². The van der Waals surface area contributed by atoms with Crippen molar-refractivity contribution < 1.29 is 27.5 Å². The van der Waals surface area contributed by atoms with Gasteiger partial charge in [-0.25, -0.2) is 0 Å². The van der Waals surface area contributed by atoms with E-state index in [4.69, 9.17) is 9.52 Å². The van der Waals surface area contributed by atoms with Crippen LogP contribution in [-0.4, -0.2) is 30.3 Å². The molecule has 96 valence electrons. The summed E-state index contributed by atoms with van der Waals surface area (Å²) in [5, 5.41) is 10.9. The Morgan fingerprint density at radius 3 is 2.71 bits per heavy atom. The van der Waals surface area contributed by atoms with Gasteiger partial charge in [-0.3, -0.25) is 4.79 Å². The molecule has 17 heavy (non-hydrogen) atoms. The molecule has 0 spiro atoms. The fraction of sp³-hybridized carbons (Fsp3) is 0.500. The number of carbonyl (C=O) groups is 1. The fourth-order valence-electron chi connectivity index (χ4n) is 1.26. The molecule has 0 aliphatic carbocycles. The molecule has 0 amide bonds. The number of nitrogens with one attached hydrogen (secondary N) is 1. The number of hydrogen-bond donors (Lipinski definition) is 2. The van der Waals surface area contributed by atoms with Crippen LogP contribution in [0.2, 0.25) is 0 Å². The largest absolute Gasteiger partial charge is 0.481 e. The van der Waals surface area contributed by atoms with Gasteiger partial charge in [-0.15, -0.1) is 0 Å². The van der Waals surface area contributed by atoms with Crippen LogP contribution >= 0.6 is 0 Å². The average molecular weight is 251 g/mol.